The highest BCUT2D eigenvalue weighted by molar-refractivity contribution is 7.91. The van der Waals surface area contributed by atoms with E-state index in [1.165, 1.54) is 4.90 Å². The number of sulfonamides is 1. The third-order valence-electron chi connectivity index (χ3n) is 12.0. The zero-order valence-corrected chi connectivity index (χ0v) is 35.3. The minimum absolute atomic E-state index is 0.0113. The number of fused-ring (bicyclic) bond motifs is 2. The first-order valence-electron chi connectivity index (χ1n) is 20.5. The van der Waals surface area contributed by atoms with Crippen molar-refractivity contribution in [1.29, 1.82) is 0 Å². The van der Waals surface area contributed by atoms with Crippen LogP contribution in [0.1, 0.15) is 79.6 Å². The van der Waals surface area contributed by atoms with Gasteiger partial charge in [0.15, 0.2) is 0 Å². The maximum atomic E-state index is 14.6. The summed E-state index contributed by atoms with van der Waals surface area (Å²) in [5, 5.41) is 15.2. The van der Waals surface area contributed by atoms with Crippen LogP contribution in [0.3, 0.4) is 0 Å². The van der Waals surface area contributed by atoms with E-state index in [2.05, 4.69) is 25.3 Å². The van der Waals surface area contributed by atoms with Gasteiger partial charge in [-0.3, -0.25) is 29.1 Å². The zero-order valence-electron chi connectivity index (χ0n) is 34.5. The molecule has 1 aromatic carbocycles. The molecule has 320 valence electrons. The molecule has 0 radical (unpaired) electrons. The van der Waals surface area contributed by atoms with Gasteiger partial charge in [0.1, 0.15) is 40.9 Å². The van der Waals surface area contributed by atoms with Crippen LogP contribution < -0.4 is 24.8 Å². The topological polar surface area (TPSA) is 219 Å². The summed E-state index contributed by atoms with van der Waals surface area (Å²) in [7, 11) is -4.03. The first-order valence-corrected chi connectivity index (χ1v) is 22.0. The minimum Gasteiger partial charge on any atom is -0.491 e. The number of carboxylic acid groups (broad SMARTS) is 1. The molecule has 7 atom stereocenters. The summed E-state index contributed by atoms with van der Waals surface area (Å²) in [5.74, 6) is -1.87. The molecular formula is C43H53N7O9S. The molecule has 4 heterocycles. The fraction of sp³-hybridized carbons (Fsp3) is 0.512. The number of carbonyl (C=O) groups excluding carboxylic acids is 3. The van der Waals surface area contributed by atoms with Gasteiger partial charge in [-0.1, -0.05) is 26.0 Å². The quantitative estimate of drug-likeness (QED) is 0.201. The maximum Gasteiger partial charge on any atom is 0.405 e. The molecule has 2 aliphatic heterocycles. The molecule has 1 saturated heterocycles. The van der Waals surface area contributed by atoms with Gasteiger partial charge in [-0.25, -0.2) is 18.2 Å². The Hall–Kier alpha value is -5.58. The van der Waals surface area contributed by atoms with E-state index in [9.17, 15) is 32.7 Å². The van der Waals surface area contributed by atoms with E-state index in [1.807, 2.05) is 64.1 Å². The Kier molecular flexibility index (Phi) is 11.9. The first-order chi connectivity index (χ1) is 28.5. The molecule has 60 heavy (non-hydrogen) atoms. The molecular weight excluding hydrogens is 791 g/mol. The third kappa shape index (κ3) is 9.25. The van der Waals surface area contributed by atoms with Gasteiger partial charge in [-0.05, 0) is 95.4 Å². The summed E-state index contributed by atoms with van der Waals surface area (Å²) in [6, 6.07) is 8.50. The highest BCUT2D eigenvalue weighted by atomic mass is 32.2. The molecule has 0 spiro atoms. The summed E-state index contributed by atoms with van der Waals surface area (Å²) in [6.45, 7) is 9.21. The van der Waals surface area contributed by atoms with Crippen molar-refractivity contribution in [3.05, 3.63) is 67.1 Å². The van der Waals surface area contributed by atoms with Crippen molar-refractivity contribution in [3.63, 3.8) is 0 Å². The lowest BCUT2D eigenvalue weighted by molar-refractivity contribution is -0.142. The fourth-order valence-electron chi connectivity index (χ4n) is 8.18. The molecule has 3 aromatic rings. The van der Waals surface area contributed by atoms with E-state index >= 15 is 0 Å². The average Bonchev–Trinajstić information content (AvgIpc) is 4.08. The fourth-order valence-corrected chi connectivity index (χ4v) is 9.49. The number of hydrogen-bond acceptors (Lipinski definition) is 11. The molecule has 16 nitrogen and oxygen atoms in total. The predicted molar refractivity (Wildman–Crippen MR) is 221 cm³/mol. The smallest absolute Gasteiger partial charge is 0.405 e. The molecule has 2 aromatic heterocycles. The summed E-state index contributed by atoms with van der Waals surface area (Å²) in [6.07, 6.45) is 9.15. The van der Waals surface area contributed by atoms with Gasteiger partial charge in [-0.2, -0.15) is 0 Å². The Morgan fingerprint density at radius 3 is 2.42 bits per heavy atom. The number of nitrogens with zero attached hydrogens (tertiary/aromatic N) is 4. The second-order valence-electron chi connectivity index (χ2n) is 17.2. The minimum atomic E-state index is -4.03. The molecule has 7 rings (SSSR count). The van der Waals surface area contributed by atoms with Crippen molar-refractivity contribution < 1.29 is 42.2 Å². The van der Waals surface area contributed by atoms with Crippen LogP contribution in [0.15, 0.2) is 67.1 Å². The number of rotatable bonds is 10. The normalized spacial score (nSPS) is 28.2. The molecule has 4 N–H and O–H groups in total. The van der Waals surface area contributed by atoms with Gasteiger partial charge in [-0.15, -0.1) is 0 Å². The van der Waals surface area contributed by atoms with E-state index in [-0.39, 0.29) is 31.4 Å². The zero-order chi connectivity index (χ0) is 43.0. The van der Waals surface area contributed by atoms with Gasteiger partial charge in [0.25, 0.3) is 5.91 Å². The average molecular weight is 844 g/mol. The van der Waals surface area contributed by atoms with Crippen molar-refractivity contribution in [2.24, 2.45) is 17.8 Å². The molecule has 1 unspecified atom stereocenters. The number of aromatic nitrogens is 3. The largest absolute Gasteiger partial charge is 0.491 e. The Morgan fingerprint density at radius 2 is 1.75 bits per heavy atom. The van der Waals surface area contributed by atoms with Crippen molar-refractivity contribution in [2.45, 2.75) is 114 Å². The van der Waals surface area contributed by atoms with E-state index in [0.717, 1.165) is 12.0 Å². The van der Waals surface area contributed by atoms with Gasteiger partial charge in [0.2, 0.25) is 21.8 Å². The number of pyridine rings is 1. The van der Waals surface area contributed by atoms with Crippen molar-refractivity contribution in [2.75, 3.05) is 6.54 Å². The Bertz CT molecular complexity index is 2250. The maximum absolute atomic E-state index is 14.6. The molecule has 0 bridgehead atoms. The highest BCUT2D eigenvalue weighted by Crippen LogP contribution is 2.47. The van der Waals surface area contributed by atoms with Crippen LogP contribution in [0.5, 0.6) is 11.5 Å². The number of amides is 4. The molecule has 4 aliphatic rings. The number of hydrogen-bond donors (Lipinski definition) is 4. The summed E-state index contributed by atoms with van der Waals surface area (Å²) in [5.41, 5.74) is 0.686. The second kappa shape index (κ2) is 16.8. The SMILES string of the molecule is CC1CC/C=C\[C@@H]2C[C@@]2(C(=O)NS(=O)(=O)C2(C)CC2)NC(=O)[C@@H]2C[C@@H](Oc3cc(-c4ccc(OC(C)C)cc4)nc(-c4cnccn4)c3)CN2C(=O)[C@@H](NC(=O)O)[C@H](C)C1. The Morgan fingerprint density at radius 1 is 1.02 bits per heavy atom. The first kappa shape index (κ1) is 42.5. The molecule has 4 amide bonds. The van der Waals surface area contributed by atoms with Crippen LogP contribution in [0.25, 0.3) is 22.6 Å². The number of ether oxygens (including phenoxy) is 2. The van der Waals surface area contributed by atoms with Gasteiger partial charge in [0.05, 0.1) is 35.0 Å². The second-order valence-corrected chi connectivity index (χ2v) is 19.4. The Labute approximate surface area is 350 Å². The molecule has 17 heteroatoms. The van der Waals surface area contributed by atoms with E-state index < -0.39 is 74.1 Å². The van der Waals surface area contributed by atoms with E-state index in [4.69, 9.17) is 14.5 Å². The summed E-state index contributed by atoms with van der Waals surface area (Å²) < 4.78 is 40.1. The standard InChI is InChI=1S/C43H53N7O9S/c1-25(2)58-30-12-10-28(11-13-30)33-19-31(20-34(46-33)35-23-44-16-17-45-35)59-32-21-36-38(51)48-43(40(53)49-60(56,57)42(5)14-15-42)22-29(43)9-7-6-8-26(3)18-27(4)37(47-41(54)55)39(52)50(36)24-32/h7,9-13,16-17,19-20,23,25-27,29,32,36-37,47H,6,8,14-15,18,21-22,24H2,1-5H3,(H,48,51)(H,49,53)(H,54,55)/b9-7-/t26?,27-,29-,32-,36+,37+,43-/m1/s1. The number of benzene rings is 1. The van der Waals surface area contributed by atoms with Crippen LogP contribution in [0.4, 0.5) is 4.79 Å². The van der Waals surface area contributed by atoms with Crippen LogP contribution in [0, 0.1) is 17.8 Å². The summed E-state index contributed by atoms with van der Waals surface area (Å²) in [4.78, 5) is 70.0. The van der Waals surface area contributed by atoms with Crippen LogP contribution >= 0.6 is 0 Å². The number of allylic oxidation sites excluding steroid dienone is 1. The number of carbonyl (C=O) groups is 4. The van der Waals surface area contributed by atoms with Gasteiger partial charge < -0.3 is 30.1 Å². The van der Waals surface area contributed by atoms with E-state index in [1.54, 1.807) is 37.6 Å². The van der Waals surface area contributed by atoms with E-state index in [0.29, 0.717) is 54.3 Å². The monoisotopic (exact) mass is 843 g/mol. The van der Waals surface area contributed by atoms with Crippen LogP contribution in [-0.4, -0.2) is 98.3 Å². The van der Waals surface area contributed by atoms with Gasteiger partial charge in [0, 0.05) is 42.4 Å². The van der Waals surface area contributed by atoms with Gasteiger partial charge >= 0.3 is 6.09 Å². The summed E-state index contributed by atoms with van der Waals surface area (Å²) >= 11 is 0. The van der Waals surface area contributed by atoms with Crippen LogP contribution in [-0.2, 0) is 24.4 Å². The molecule has 3 fully saturated rings. The van der Waals surface area contributed by atoms with Crippen molar-refractivity contribution in [3.8, 4) is 34.1 Å². The lowest BCUT2D eigenvalue weighted by Gasteiger charge is -2.32. The number of nitrogens with one attached hydrogen (secondary N) is 3. The lowest BCUT2D eigenvalue weighted by Crippen LogP contribution is -2.59. The lowest BCUT2D eigenvalue weighted by atomic mass is 9.88. The Balaban J connectivity index is 1.23. The van der Waals surface area contributed by atoms with Crippen molar-refractivity contribution in [1.82, 2.24) is 35.2 Å². The highest BCUT2D eigenvalue weighted by Gasteiger charge is 2.63. The third-order valence-corrected chi connectivity index (χ3v) is 14.1. The molecule has 2 saturated carbocycles. The predicted octanol–water partition coefficient (Wildman–Crippen LogP) is 4.86. The van der Waals surface area contributed by atoms with Crippen LogP contribution in [0.2, 0.25) is 0 Å². The molecule has 2 aliphatic carbocycles. The van der Waals surface area contributed by atoms with Crippen molar-refractivity contribution >= 4 is 33.8 Å².